The standard InChI is InChI=1S/C8H8Cl2N2O2/c1-3-4(8(11)13)5(9)6(14-2)7(10)12-3/h1-2H3,(H2,11,13). The first-order valence-corrected chi connectivity index (χ1v) is 4.44. The molecule has 0 aliphatic rings. The van der Waals surface area contributed by atoms with Crippen LogP contribution in [0.1, 0.15) is 16.1 Å². The molecule has 2 N–H and O–H groups in total. The highest BCUT2D eigenvalue weighted by Crippen LogP contribution is 2.34. The van der Waals surface area contributed by atoms with E-state index < -0.39 is 5.91 Å². The highest BCUT2D eigenvalue weighted by molar-refractivity contribution is 6.38. The predicted molar refractivity (Wildman–Crippen MR) is 54.1 cm³/mol. The lowest BCUT2D eigenvalue weighted by Crippen LogP contribution is -2.15. The lowest BCUT2D eigenvalue weighted by atomic mass is 10.2. The number of nitrogens with two attached hydrogens (primary N) is 1. The minimum absolute atomic E-state index is 0.0949. The van der Waals surface area contributed by atoms with Crippen molar-refractivity contribution in [2.45, 2.75) is 6.92 Å². The third-order valence-electron chi connectivity index (χ3n) is 1.68. The van der Waals surface area contributed by atoms with Crippen molar-refractivity contribution in [1.82, 2.24) is 4.98 Å². The van der Waals surface area contributed by atoms with Gasteiger partial charge in [-0.15, -0.1) is 0 Å². The van der Waals surface area contributed by atoms with Crippen LogP contribution >= 0.6 is 23.2 Å². The average molecular weight is 235 g/mol. The zero-order valence-corrected chi connectivity index (χ0v) is 9.11. The molecule has 76 valence electrons. The molecule has 1 rings (SSSR count). The molecular weight excluding hydrogens is 227 g/mol. The summed E-state index contributed by atoms with van der Waals surface area (Å²) >= 11 is 11.6. The van der Waals surface area contributed by atoms with E-state index in [1.807, 2.05) is 0 Å². The smallest absolute Gasteiger partial charge is 0.252 e. The van der Waals surface area contributed by atoms with Crippen molar-refractivity contribution in [1.29, 1.82) is 0 Å². The summed E-state index contributed by atoms with van der Waals surface area (Å²) < 4.78 is 4.89. The van der Waals surface area contributed by atoms with Gasteiger partial charge in [-0.05, 0) is 6.92 Å². The highest BCUT2D eigenvalue weighted by Gasteiger charge is 2.19. The number of primary amides is 1. The Bertz CT molecular complexity index is 393. The molecule has 0 aliphatic carbocycles. The molecule has 0 aliphatic heterocycles. The van der Waals surface area contributed by atoms with E-state index in [2.05, 4.69) is 4.98 Å². The molecule has 0 fully saturated rings. The molecule has 0 spiro atoms. The topological polar surface area (TPSA) is 65.2 Å². The quantitative estimate of drug-likeness (QED) is 0.795. The number of aryl methyl sites for hydroxylation is 1. The van der Waals surface area contributed by atoms with E-state index in [1.54, 1.807) is 6.92 Å². The Labute approximate surface area is 91.0 Å². The van der Waals surface area contributed by atoms with Gasteiger partial charge in [-0.1, -0.05) is 23.2 Å². The van der Waals surface area contributed by atoms with Gasteiger partial charge < -0.3 is 10.5 Å². The SMILES string of the molecule is COc1c(Cl)nc(C)c(C(N)=O)c1Cl. The van der Waals surface area contributed by atoms with E-state index in [1.165, 1.54) is 7.11 Å². The van der Waals surface area contributed by atoms with Gasteiger partial charge in [0.05, 0.1) is 18.4 Å². The fraction of sp³-hybridized carbons (Fsp3) is 0.250. The summed E-state index contributed by atoms with van der Waals surface area (Å²) in [4.78, 5) is 14.9. The second kappa shape index (κ2) is 4.02. The molecule has 0 radical (unpaired) electrons. The van der Waals surface area contributed by atoms with Crippen LogP contribution in [0, 0.1) is 6.92 Å². The number of carbonyl (C=O) groups excluding carboxylic acids is 1. The molecule has 1 amide bonds. The Balaban J connectivity index is 3.52. The number of rotatable bonds is 2. The number of methoxy groups -OCH3 is 1. The Morgan fingerprint density at radius 3 is 2.50 bits per heavy atom. The van der Waals surface area contributed by atoms with Crippen LogP contribution in [0.3, 0.4) is 0 Å². The maximum atomic E-state index is 11.0. The van der Waals surface area contributed by atoms with Crippen LogP contribution in [-0.4, -0.2) is 18.0 Å². The van der Waals surface area contributed by atoms with Crippen LogP contribution in [0.5, 0.6) is 5.75 Å². The molecule has 14 heavy (non-hydrogen) atoms. The van der Waals surface area contributed by atoms with Crippen molar-refractivity contribution >= 4 is 29.1 Å². The highest BCUT2D eigenvalue weighted by atomic mass is 35.5. The molecule has 4 nitrogen and oxygen atoms in total. The fourth-order valence-electron chi connectivity index (χ4n) is 1.08. The Hall–Kier alpha value is -1.00. The number of hydrogen-bond acceptors (Lipinski definition) is 3. The maximum Gasteiger partial charge on any atom is 0.252 e. The van der Waals surface area contributed by atoms with E-state index in [4.69, 9.17) is 33.7 Å². The van der Waals surface area contributed by atoms with Crippen molar-refractivity contribution in [3.8, 4) is 5.75 Å². The van der Waals surface area contributed by atoms with Crippen molar-refractivity contribution < 1.29 is 9.53 Å². The number of halogens is 2. The number of amides is 1. The Morgan fingerprint density at radius 1 is 1.50 bits per heavy atom. The van der Waals surface area contributed by atoms with Gasteiger partial charge in [-0.3, -0.25) is 4.79 Å². The summed E-state index contributed by atoms with van der Waals surface area (Å²) in [5.74, 6) is -0.497. The van der Waals surface area contributed by atoms with Gasteiger partial charge in [0.15, 0.2) is 10.9 Å². The molecule has 0 saturated carbocycles. The van der Waals surface area contributed by atoms with Crippen LogP contribution in [0.15, 0.2) is 0 Å². The molecule has 6 heteroatoms. The number of pyridine rings is 1. The summed E-state index contributed by atoms with van der Waals surface area (Å²) in [5, 5.41) is 0.206. The van der Waals surface area contributed by atoms with E-state index in [0.29, 0.717) is 5.69 Å². The first-order chi connectivity index (χ1) is 6.49. The van der Waals surface area contributed by atoms with Crippen molar-refractivity contribution in [3.05, 3.63) is 21.4 Å². The summed E-state index contributed by atoms with van der Waals surface area (Å²) in [6, 6.07) is 0. The molecule has 0 atom stereocenters. The number of nitrogens with zero attached hydrogens (tertiary/aromatic N) is 1. The Kier molecular flexibility index (Phi) is 3.18. The molecule has 0 unspecified atom stereocenters. The number of ether oxygens (including phenoxy) is 1. The van der Waals surface area contributed by atoms with Crippen molar-refractivity contribution in [2.75, 3.05) is 7.11 Å². The van der Waals surface area contributed by atoms with Crippen molar-refractivity contribution in [2.24, 2.45) is 5.73 Å². The normalized spacial score (nSPS) is 10.0. The van der Waals surface area contributed by atoms with Crippen LogP contribution < -0.4 is 10.5 Å². The monoisotopic (exact) mass is 234 g/mol. The van der Waals surface area contributed by atoms with Crippen LogP contribution in [-0.2, 0) is 0 Å². The van der Waals surface area contributed by atoms with Crippen LogP contribution in [0.2, 0.25) is 10.2 Å². The predicted octanol–water partition coefficient (Wildman–Crippen LogP) is 1.80. The number of hydrogen-bond donors (Lipinski definition) is 1. The number of aromatic nitrogens is 1. The van der Waals surface area contributed by atoms with Crippen LogP contribution in [0.4, 0.5) is 0 Å². The van der Waals surface area contributed by atoms with Gasteiger partial charge in [0.1, 0.15) is 5.02 Å². The Morgan fingerprint density at radius 2 is 2.07 bits per heavy atom. The molecule has 1 heterocycles. The summed E-state index contributed by atoms with van der Waals surface area (Å²) in [6.07, 6.45) is 0. The van der Waals surface area contributed by atoms with E-state index in [0.717, 1.165) is 0 Å². The lowest BCUT2D eigenvalue weighted by Gasteiger charge is -2.09. The van der Waals surface area contributed by atoms with Gasteiger partial charge in [-0.2, -0.15) is 0 Å². The van der Waals surface area contributed by atoms with Gasteiger partial charge >= 0.3 is 0 Å². The summed E-state index contributed by atoms with van der Waals surface area (Å²) in [5.41, 5.74) is 5.64. The first kappa shape index (κ1) is 11.1. The minimum Gasteiger partial charge on any atom is -0.492 e. The van der Waals surface area contributed by atoms with E-state index in [-0.39, 0.29) is 21.5 Å². The van der Waals surface area contributed by atoms with Crippen LogP contribution in [0.25, 0.3) is 0 Å². The molecule has 1 aromatic heterocycles. The molecule has 0 saturated heterocycles. The molecule has 1 aromatic rings. The third-order valence-corrected chi connectivity index (χ3v) is 2.30. The zero-order valence-electron chi connectivity index (χ0n) is 7.60. The first-order valence-electron chi connectivity index (χ1n) is 3.68. The minimum atomic E-state index is -0.657. The molecular formula is C8H8Cl2N2O2. The summed E-state index contributed by atoms with van der Waals surface area (Å²) in [7, 11) is 1.38. The zero-order chi connectivity index (χ0) is 10.9. The third kappa shape index (κ3) is 1.76. The average Bonchev–Trinajstić information content (AvgIpc) is 2.02. The second-order valence-corrected chi connectivity index (χ2v) is 3.31. The summed E-state index contributed by atoms with van der Waals surface area (Å²) in [6.45, 7) is 1.59. The lowest BCUT2D eigenvalue weighted by molar-refractivity contribution is 0.0999. The van der Waals surface area contributed by atoms with Gasteiger partial charge in [0, 0.05) is 0 Å². The second-order valence-electron chi connectivity index (χ2n) is 2.57. The van der Waals surface area contributed by atoms with E-state index in [9.17, 15) is 4.79 Å². The fourth-order valence-corrected chi connectivity index (χ4v) is 1.82. The maximum absolute atomic E-state index is 11.0. The van der Waals surface area contributed by atoms with Gasteiger partial charge in [0.2, 0.25) is 0 Å². The molecule has 0 bridgehead atoms. The van der Waals surface area contributed by atoms with Gasteiger partial charge in [-0.25, -0.2) is 4.98 Å². The van der Waals surface area contributed by atoms with E-state index >= 15 is 0 Å². The van der Waals surface area contributed by atoms with Gasteiger partial charge in [0.25, 0.3) is 5.91 Å². The molecule has 0 aromatic carbocycles. The van der Waals surface area contributed by atoms with Crippen molar-refractivity contribution in [3.63, 3.8) is 0 Å². The number of carbonyl (C=O) groups is 1. The largest absolute Gasteiger partial charge is 0.492 e.